The summed E-state index contributed by atoms with van der Waals surface area (Å²) in [6.07, 6.45) is 0. The summed E-state index contributed by atoms with van der Waals surface area (Å²) in [5.41, 5.74) is 1.12. The van der Waals surface area contributed by atoms with Gasteiger partial charge in [0, 0.05) is 17.3 Å². The minimum Gasteiger partial charge on any atom is -0.361 e. The zero-order valence-electron chi connectivity index (χ0n) is 7.66. The lowest BCUT2D eigenvalue weighted by atomic mass is 10.2. The summed E-state index contributed by atoms with van der Waals surface area (Å²) in [4.78, 5) is 4.31. The topological polar surface area (TPSA) is 24.4 Å². The van der Waals surface area contributed by atoms with Crippen LogP contribution in [0.1, 0.15) is 5.56 Å². The molecule has 74 valence electrons. The van der Waals surface area contributed by atoms with Crippen molar-refractivity contribution in [3.8, 4) is 0 Å². The van der Waals surface area contributed by atoms with Gasteiger partial charge in [-0.25, -0.2) is 0 Å². The molecule has 0 saturated heterocycles. The molecule has 0 amide bonds. The summed E-state index contributed by atoms with van der Waals surface area (Å²) in [7, 11) is 0. The average molecular weight is 227 g/mol. The maximum atomic E-state index is 6.02. The van der Waals surface area contributed by atoms with Crippen LogP contribution in [0.2, 0.25) is 5.02 Å². The number of aliphatic imine (C=N–C) groups is 1. The van der Waals surface area contributed by atoms with Gasteiger partial charge in [-0.15, -0.1) is 0 Å². The quantitative estimate of drug-likeness (QED) is 0.838. The van der Waals surface area contributed by atoms with Crippen LogP contribution >= 0.6 is 23.4 Å². The average Bonchev–Trinajstić information content (AvgIpc) is 2.69. The second kappa shape index (κ2) is 4.71. The summed E-state index contributed by atoms with van der Waals surface area (Å²) in [6.45, 7) is 1.68. The highest BCUT2D eigenvalue weighted by Crippen LogP contribution is 2.15. The van der Waals surface area contributed by atoms with Crippen molar-refractivity contribution < 1.29 is 0 Å². The number of rotatable bonds is 2. The Bertz CT molecular complexity index is 352. The molecule has 1 heterocycles. The van der Waals surface area contributed by atoms with Crippen molar-refractivity contribution in [3.63, 3.8) is 0 Å². The van der Waals surface area contributed by atoms with Crippen LogP contribution in [0.4, 0.5) is 0 Å². The Morgan fingerprint density at radius 1 is 1.43 bits per heavy atom. The normalized spacial score (nSPS) is 15.4. The van der Waals surface area contributed by atoms with E-state index < -0.39 is 0 Å². The lowest BCUT2D eigenvalue weighted by molar-refractivity contribution is 0.923. The molecule has 0 unspecified atom stereocenters. The van der Waals surface area contributed by atoms with Crippen molar-refractivity contribution >= 4 is 28.5 Å². The van der Waals surface area contributed by atoms with Gasteiger partial charge in [0.2, 0.25) is 0 Å². The van der Waals surface area contributed by atoms with Crippen LogP contribution < -0.4 is 5.32 Å². The maximum absolute atomic E-state index is 6.02. The Hall–Kier alpha value is -0.670. The Labute approximate surface area is 92.8 Å². The zero-order chi connectivity index (χ0) is 9.80. The van der Waals surface area contributed by atoms with Crippen LogP contribution in [-0.4, -0.2) is 17.5 Å². The number of hydrogen-bond donors (Lipinski definition) is 1. The number of nitrogens with one attached hydrogen (secondary N) is 1. The van der Waals surface area contributed by atoms with Crippen molar-refractivity contribution in [2.75, 3.05) is 12.3 Å². The number of nitrogens with zero attached hydrogens (tertiary/aromatic N) is 1. The highest BCUT2D eigenvalue weighted by atomic mass is 35.5. The van der Waals surface area contributed by atoms with Crippen LogP contribution in [0.25, 0.3) is 0 Å². The second-order valence-electron chi connectivity index (χ2n) is 2.98. The molecule has 1 aliphatic heterocycles. The van der Waals surface area contributed by atoms with Crippen molar-refractivity contribution in [2.45, 2.75) is 6.54 Å². The van der Waals surface area contributed by atoms with Gasteiger partial charge in [-0.3, -0.25) is 4.99 Å². The Kier molecular flexibility index (Phi) is 3.32. The van der Waals surface area contributed by atoms with Crippen LogP contribution in [0.3, 0.4) is 0 Å². The number of amidine groups is 1. The molecule has 1 N–H and O–H groups in total. The predicted octanol–water partition coefficient (Wildman–Crippen LogP) is 2.53. The molecule has 14 heavy (non-hydrogen) atoms. The molecule has 1 aliphatic rings. The van der Waals surface area contributed by atoms with Crippen LogP contribution in [-0.2, 0) is 6.54 Å². The lowest BCUT2D eigenvalue weighted by Gasteiger charge is -2.06. The molecule has 0 fully saturated rings. The first-order valence-corrected chi connectivity index (χ1v) is 5.87. The van der Waals surface area contributed by atoms with E-state index in [0.29, 0.717) is 0 Å². The summed E-state index contributed by atoms with van der Waals surface area (Å²) in [6, 6.07) is 7.86. The Balaban J connectivity index is 1.94. The van der Waals surface area contributed by atoms with Gasteiger partial charge in [0.15, 0.2) is 5.17 Å². The molecule has 0 radical (unpaired) electrons. The molecule has 0 bridgehead atoms. The minimum absolute atomic E-state index is 0.755. The van der Waals surface area contributed by atoms with Crippen molar-refractivity contribution in [3.05, 3.63) is 34.9 Å². The van der Waals surface area contributed by atoms with E-state index in [2.05, 4.69) is 10.3 Å². The zero-order valence-corrected chi connectivity index (χ0v) is 9.24. The van der Waals surface area contributed by atoms with Crippen LogP contribution in [0.15, 0.2) is 29.3 Å². The van der Waals surface area contributed by atoms with E-state index in [-0.39, 0.29) is 0 Å². The van der Waals surface area contributed by atoms with Gasteiger partial charge in [-0.05, 0) is 11.6 Å². The maximum Gasteiger partial charge on any atom is 0.156 e. The van der Waals surface area contributed by atoms with Gasteiger partial charge in [0.05, 0.1) is 6.54 Å². The third-order valence-corrected chi connectivity index (χ3v) is 3.28. The molecule has 4 heteroatoms. The first-order chi connectivity index (χ1) is 6.86. The van der Waals surface area contributed by atoms with Gasteiger partial charge >= 0.3 is 0 Å². The summed E-state index contributed by atoms with van der Waals surface area (Å²) in [5, 5.41) is 5.11. The smallest absolute Gasteiger partial charge is 0.156 e. The standard InChI is InChI=1S/C10H11ClN2S/c11-9-4-2-1-3-8(9)7-13-10-12-5-6-14-10/h1-4H,5-7H2,(H,12,13). The molecule has 0 spiro atoms. The van der Waals surface area contributed by atoms with Gasteiger partial charge < -0.3 is 5.32 Å². The molecule has 2 rings (SSSR count). The fourth-order valence-corrected chi connectivity index (χ4v) is 2.19. The van der Waals surface area contributed by atoms with Crippen LogP contribution in [0.5, 0.6) is 0 Å². The van der Waals surface area contributed by atoms with Crippen molar-refractivity contribution in [1.29, 1.82) is 0 Å². The van der Waals surface area contributed by atoms with Gasteiger partial charge in [0.1, 0.15) is 0 Å². The van der Waals surface area contributed by atoms with Crippen LogP contribution in [0, 0.1) is 0 Å². The summed E-state index contributed by atoms with van der Waals surface area (Å²) >= 11 is 7.79. The predicted molar refractivity (Wildman–Crippen MR) is 63.1 cm³/mol. The highest BCUT2D eigenvalue weighted by molar-refractivity contribution is 8.14. The first kappa shape index (κ1) is 9.87. The largest absolute Gasteiger partial charge is 0.361 e. The summed E-state index contributed by atoms with van der Waals surface area (Å²) in [5.74, 6) is 1.09. The minimum atomic E-state index is 0.755. The molecule has 0 atom stereocenters. The van der Waals surface area contributed by atoms with E-state index in [0.717, 1.165) is 34.6 Å². The highest BCUT2D eigenvalue weighted by Gasteiger charge is 2.06. The Morgan fingerprint density at radius 2 is 2.29 bits per heavy atom. The SMILES string of the molecule is Clc1ccccc1CNC1=NCCS1. The fourth-order valence-electron chi connectivity index (χ4n) is 1.25. The Morgan fingerprint density at radius 3 is 3.00 bits per heavy atom. The second-order valence-corrected chi connectivity index (χ2v) is 4.47. The van der Waals surface area contributed by atoms with E-state index in [9.17, 15) is 0 Å². The number of hydrogen-bond acceptors (Lipinski definition) is 3. The monoisotopic (exact) mass is 226 g/mol. The number of halogens is 1. The van der Waals surface area contributed by atoms with Crippen molar-refractivity contribution in [2.24, 2.45) is 4.99 Å². The molecule has 0 aliphatic carbocycles. The molecular formula is C10H11ClN2S. The molecular weight excluding hydrogens is 216 g/mol. The van der Waals surface area contributed by atoms with Gasteiger partial charge in [0.25, 0.3) is 0 Å². The molecule has 0 saturated carbocycles. The van der Waals surface area contributed by atoms with E-state index in [1.54, 1.807) is 11.8 Å². The van der Waals surface area contributed by atoms with E-state index in [1.807, 2.05) is 24.3 Å². The molecule has 1 aromatic carbocycles. The fraction of sp³-hybridized carbons (Fsp3) is 0.300. The first-order valence-electron chi connectivity index (χ1n) is 4.51. The molecule has 2 nitrogen and oxygen atoms in total. The van der Waals surface area contributed by atoms with Gasteiger partial charge in [-0.2, -0.15) is 0 Å². The van der Waals surface area contributed by atoms with Gasteiger partial charge in [-0.1, -0.05) is 41.6 Å². The summed E-state index contributed by atoms with van der Waals surface area (Å²) < 4.78 is 0. The third kappa shape index (κ3) is 2.42. The van der Waals surface area contributed by atoms with E-state index in [4.69, 9.17) is 11.6 Å². The van der Waals surface area contributed by atoms with E-state index >= 15 is 0 Å². The third-order valence-electron chi connectivity index (χ3n) is 1.97. The number of benzene rings is 1. The number of thioether (sulfide) groups is 1. The molecule has 1 aromatic rings. The van der Waals surface area contributed by atoms with Crippen molar-refractivity contribution in [1.82, 2.24) is 5.32 Å². The lowest BCUT2D eigenvalue weighted by Crippen LogP contribution is -2.18. The van der Waals surface area contributed by atoms with E-state index in [1.165, 1.54) is 0 Å². The molecule has 0 aromatic heterocycles.